The van der Waals surface area contributed by atoms with E-state index in [0.717, 1.165) is 18.3 Å². The first-order valence-corrected chi connectivity index (χ1v) is 8.47. The summed E-state index contributed by atoms with van der Waals surface area (Å²) in [6, 6.07) is 8.61. The van der Waals surface area contributed by atoms with Gasteiger partial charge in [0.05, 0.1) is 18.1 Å². The minimum Gasteiger partial charge on any atom is -0.494 e. The van der Waals surface area contributed by atoms with Gasteiger partial charge in [0.2, 0.25) is 0 Å². The first-order valence-electron chi connectivity index (χ1n) is 8.47. The van der Waals surface area contributed by atoms with Crippen LogP contribution in [0.4, 0.5) is 13.2 Å². The van der Waals surface area contributed by atoms with Crippen molar-refractivity contribution in [3.05, 3.63) is 59.4 Å². The molecular weight excluding hydrogens is 377 g/mol. The highest BCUT2D eigenvalue weighted by Crippen LogP contribution is 2.30. The number of carboxylic acid groups (broad SMARTS) is 1. The molecule has 0 saturated carbocycles. The summed E-state index contributed by atoms with van der Waals surface area (Å²) >= 11 is 0. The van der Waals surface area contributed by atoms with Crippen LogP contribution in [0.5, 0.6) is 5.75 Å². The van der Waals surface area contributed by atoms with Crippen molar-refractivity contribution >= 4 is 11.9 Å². The molecule has 2 N–H and O–H groups in total. The maximum atomic E-state index is 13.0. The summed E-state index contributed by atoms with van der Waals surface area (Å²) in [5, 5.41) is 11.6. The van der Waals surface area contributed by atoms with Crippen LogP contribution in [0.2, 0.25) is 0 Å². The molecule has 1 aromatic carbocycles. The van der Waals surface area contributed by atoms with Crippen molar-refractivity contribution in [1.82, 2.24) is 10.3 Å². The zero-order valence-corrected chi connectivity index (χ0v) is 15.0. The molecule has 0 radical (unpaired) electrons. The Balaban J connectivity index is 2.06. The third-order valence-corrected chi connectivity index (χ3v) is 3.90. The van der Waals surface area contributed by atoms with Gasteiger partial charge in [-0.1, -0.05) is 12.1 Å². The molecule has 0 aliphatic rings. The van der Waals surface area contributed by atoms with Crippen LogP contribution >= 0.6 is 0 Å². The van der Waals surface area contributed by atoms with E-state index in [0.29, 0.717) is 17.9 Å². The Labute approximate surface area is 159 Å². The van der Waals surface area contributed by atoms with Crippen LogP contribution in [0.1, 0.15) is 28.5 Å². The third kappa shape index (κ3) is 5.70. The number of alkyl halides is 3. The molecule has 1 unspecified atom stereocenters. The zero-order valence-electron chi connectivity index (χ0n) is 15.0. The normalized spacial score (nSPS) is 12.3. The van der Waals surface area contributed by atoms with Crippen LogP contribution < -0.4 is 10.1 Å². The Morgan fingerprint density at radius 3 is 2.46 bits per heavy atom. The first-order chi connectivity index (χ1) is 13.2. The van der Waals surface area contributed by atoms with Gasteiger partial charge in [0.15, 0.2) is 0 Å². The molecule has 0 spiro atoms. The number of carbonyl (C=O) groups excluding carboxylic acids is 1. The minimum atomic E-state index is -4.74. The molecule has 0 fully saturated rings. The monoisotopic (exact) mass is 396 g/mol. The molecule has 2 rings (SSSR count). The van der Waals surface area contributed by atoms with Gasteiger partial charge in [-0.2, -0.15) is 13.2 Å². The summed E-state index contributed by atoms with van der Waals surface area (Å²) in [7, 11) is 0. The lowest BCUT2D eigenvalue weighted by Gasteiger charge is -2.15. The summed E-state index contributed by atoms with van der Waals surface area (Å²) in [5.74, 6) is -2.63. The lowest BCUT2D eigenvalue weighted by atomic mass is 9.99. The number of nitrogens with zero attached hydrogens (tertiary/aromatic N) is 1. The number of amides is 1. The van der Waals surface area contributed by atoms with Crippen molar-refractivity contribution in [2.75, 3.05) is 13.2 Å². The van der Waals surface area contributed by atoms with Gasteiger partial charge >= 0.3 is 12.1 Å². The largest absolute Gasteiger partial charge is 0.494 e. The van der Waals surface area contributed by atoms with Crippen LogP contribution in [0.15, 0.2) is 42.6 Å². The minimum absolute atomic E-state index is 0.0936. The number of hydrogen-bond acceptors (Lipinski definition) is 4. The Bertz CT molecular complexity index is 823. The molecule has 1 atom stereocenters. The Kier molecular flexibility index (Phi) is 6.97. The highest BCUT2D eigenvalue weighted by molar-refractivity contribution is 5.94. The molecular formula is C19H19F3N2O4. The van der Waals surface area contributed by atoms with Gasteiger partial charge in [0.1, 0.15) is 11.4 Å². The lowest BCUT2D eigenvalue weighted by Crippen LogP contribution is -2.35. The van der Waals surface area contributed by atoms with E-state index in [9.17, 15) is 27.9 Å². The van der Waals surface area contributed by atoms with Gasteiger partial charge in [0.25, 0.3) is 5.91 Å². The van der Waals surface area contributed by atoms with E-state index in [2.05, 4.69) is 10.3 Å². The lowest BCUT2D eigenvalue weighted by molar-refractivity contribution is -0.141. The molecule has 1 amide bonds. The van der Waals surface area contributed by atoms with Crippen molar-refractivity contribution in [2.45, 2.75) is 19.5 Å². The van der Waals surface area contributed by atoms with Gasteiger partial charge < -0.3 is 15.2 Å². The van der Waals surface area contributed by atoms with Crippen molar-refractivity contribution in [1.29, 1.82) is 0 Å². The zero-order chi connectivity index (χ0) is 20.7. The standard InChI is InChI=1S/C19H19F3N2O4/c1-2-28-14-7-5-12(6-8-14)10-13(18(26)27)11-24-17(25)16-15(19(20,21)22)4-3-9-23-16/h3-9,13H,2,10-11H2,1H3,(H,24,25)(H,26,27). The first kappa shape index (κ1) is 21.2. The molecule has 0 bridgehead atoms. The van der Waals surface area contributed by atoms with Crippen LogP contribution in [0, 0.1) is 5.92 Å². The van der Waals surface area contributed by atoms with Crippen molar-refractivity contribution in [3.8, 4) is 5.75 Å². The summed E-state index contributed by atoms with van der Waals surface area (Å²) < 4.78 is 44.3. The van der Waals surface area contributed by atoms with Crippen molar-refractivity contribution < 1.29 is 32.6 Å². The summed E-state index contributed by atoms with van der Waals surface area (Å²) in [4.78, 5) is 27.1. The van der Waals surface area contributed by atoms with Crippen LogP contribution in [-0.2, 0) is 17.4 Å². The molecule has 1 heterocycles. The predicted molar refractivity (Wildman–Crippen MR) is 94.0 cm³/mol. The summed E-state index contributed by atoms with van der Waals surface area (Å²) in [6.07, 6.45) is -3.58. The second-order valence-corrected chi connectivity index (χ2v) is 5.92. The molecule has 0 aliphatic heterocycles. The van der Waals surface area contributed by atoms with Gasteiger partial charge in [-0.3, -0.25) is 14.6 Å². The number of benzene rings is 1. The van der Waals surface area contributed by atoms with E-state index in [4.69, 9.17) is 4.74 Å². The number of halogens is 3. The van der Waals surface area contributed by atoms with Gasteiger partial charge in [-0.05, 0) is 43.2 Å². The molecule has 28 heavy (non-hydrogen) atoms. The van der Waals surface area contributed by atoms with E-state index in [1.54, 1.807) is 24.3 Å². The van der Waals surface area contributed by atoms with E-state index < -0.39 is 35.2 Å². The maximum absolute atomic E-state index is 13.0. The van der Waals surface area contributed by atoms with Crippen LogP contribution in [0.3, 0.4) is 0 Å². The van der Waals surface area contributed by atoms with Crippen molar-refractivity contribution in [3.63, 3.8) is 0 Å². The van der Waals surface area contributed by atoms with Gasteiger partial charge in [-0.25, -0.2) is 0 Å². The van der Waals surface area contributed by atoms with Crippen LogP contribution in [-0.4, -0.2) is 35.1 Å². The van der Waals surface area contributed by atoms with Gasteiger partial charge in [-0.15, -0.1) is 0 Å². The second kappa shape index (κ2) is 9.20. The number of rotatable bonds is 8. The smallest absolute Gasteiger partial charge is 0.418 e. The fraction of sp³-hybridized carbons (Fsp3) is 0.316. The molecule has 6 nitrogen and oxygen atoms in total. The molecule has 0 saturated heterocycles. The number of pyridine rings is 1. The molecule has 150 valence electrons. The average molecular weight is 396 g/mol. The third-order valence-electron chi connectivity index (χ3n) is 3.90. The molecule has 0 aliphatic carbocycles. The Hall–Kier alpha value is -3.10. The molecule has 2 aromatic rings. The second-order valence-electron chi connectivity index (χ2n) is 5.92. The van der Waals surface area contributed by atoms with Crippen LogP contribution in [0.25, 0.3) is 0 Å². The summed E-state index contributed by atoms with van der Waals surface area (Å²) in [5.41, 5.74) is -1.27. The number of hydrogen-bond donors (Lipinski definition) is 2. The number of aliphatic carboxylic acids is 1. The highest BCUT2D eigenvalue weighted by atomic mass is 19.4. The molecule has 1 aromatic heterocycles. The van der Waals surface area contributed by atoms with E-state index in [1.807, 2.05) is 6.92 Å². The predicted octanol–water partition coefficient (Wildman–Crippen LogP) is 3.17. The number of aromatic nitrogens is 1. The molecule has 9 heteroatoms. The van der Waals surface area contributed by atoms with E-state index in [1.165, 1.54) is 0 Å². The van der Waals surface area contributed by atoms with E-state index in [-0.39, 0.29) is 13.0 Å². The maximum Gasteiger partial charge on any atom is 0.418 e. The number of nitrogens with one attached hydrogen (secondary N) is 1. The topological polar surface area (TPSA) is 88.5 Å². The number of carbonyl (C=O) groups is 2. The fourth-order valence-corrected chi connectivity index (χ4v) is 2.53. The highest BCUT2D eigenvalue weighted by Gasteiger charge is 2.36. The number of ether oxygens (including phenoxy) is 1. The average Bonchev–Trinajstić information content (AvgIpc) is 2.65. The fourth-order valence-electron chi connectivity index (χ4n) is 2.53. The summed E-state index contributed by atoms with van der Waals surface area (Å²) in [6.45, 7) is 1.99. The Morgan fingerprint density at radius 1 is 1.21 bits per heavy atom. The van der Waals surface area contributed by atoms with Crippen molar-refractivity contribution in [2.24, 2.45) is 5.92 Å². The quantitative estimate of drug-likeness (QED) is 0.716. The van der Waals surface area contributed by atoms with E-state index >= 15 is 0 Å². The Morgan fingerprint density at radius 2 is 1.89 bits per heavy atom. The van der Waals surface area contributed by atoms with Gasteiger partial charge in [0, 0.05) is 12.7 Å². The number of carboxylic acids is 1. The SMILES string of the molecule is CCOc1ccc(CC(CNC(=O)c2ncccc2C(F)(F)F)C(=O)O)cc1.